The van der Waals surface area contributed by atoms with Crippen LogP contribution in [0.3, 0.4) is 0 Å². The second kappa shape index (κ2) is 22.8. The maximum atomic E-state index is 13.9. The van der Waals surface area contributed by atoms with E-state index in [9.17, 15) is 24.4 Å². The first-order chi connectivity index (χ1) is 31.2. The van der Waals surface area contributed by atoms with Crippen LogP contribution in [0.25, 0.3) is 10.4 Å². The molecule has 2 heterocycles. The van der Waals surface area contributed by atoms with Crippen molar-refractivity contribution in [3.63, 3.8) is 0 Å². The molecular formula is C49H57ClN6O7S2. The number of benzene rings is 3. The molecule has 0 radical (unpaired) electrons. The molecule has 344 valence electrons. The summed E-state index contributed by atoms with van der Waals surface area (Å²) in [7, 11) is 0. The maximum Gasteiger partial charge on any atom is 0.259 e. The summed E-state index contributed by atoms with van der Waals surface area (Å²) >= 11 is 13.6. The third kappa shape index (κ3) is 12.4. The van der Waals surface area contributed by atoms with Crippen molar-refractivity contribution in [3.8, 4) is 22.3 Å². The molecule has 2 N–H and O–H groups in total. The van der Waals surface area contributed by atoms with Crippen LogP contribution in [0.1, 0.15) is 77.8 Å². The fourth-order valence-electron chi connectivity index (χ4n) is 8.28. The molecule has 4 atom stereocenters. The molecule has 2 aliphatic rings. The number of thiazole rings is 1. The van der Waals surface area contributed by atoms with Gasteiger partial charge in [0.15, 0.2) is 10.9 Å². The van der Waals surface area contributed by atoms with Crippen molar-refractivity contribution >= 4 is 75.1 Å². The number of nitriles is 1. The van der Waals surface area contributed by atoms with Gasteiger partial charge in [-0.1, -0.05) is 56.6 Å². The number of ether oxygens (including phenoxy) is 3. The number of unbranched alkanes of at least 4 members (excludes halogenated alkanes) is 1. The third-order valence-corrected chi connectivity index (χ3v) is 13.3. The number of carbonyl (C=O) groups is 4. The summed E-state index contributed by atoms with van der Waals surface area (Å²) in [6, 6.07) is 21.6. The van der Waals surface area contributed by atoms with E-state index in [-0.39, 0.29) is 47.0 Å². The van der Waals surface area contributed by atoms with Crippen molar-refractivity contribution in [3.05, 3.63) is 94.6 Å². The van der Waals surface area contributed by atoms with Gasteiger partial charge in [-0.05, 0) is 124 Å². The van der Waals surface area contributed by atoms with Crippen LogP contribution in [0.4, 0.5) is 11.4 Å². The Morgan fingerprint density at radius 1 is 0.954 bits per heavy atom. The van der Waals surface area contributed by atoms with Gasteiger partial charge in [-0.25, -0.2) is 0 Å². The highest BCUT2D eigenvalue weighted by Gasteiger charge is 2.50. The number of amides is 3. The van der Waals surface area contributed by atoms with E-state index < -0.39 is 23.4 Å². The molecular weight excluding hydrogens is 884 g/mol. The summed E-state index contributed by atoms with van der Waals surface area (Å²) in [6.45, 7) is 11.5. The lowest BCUT2D eigenvalue weighted by Gasteiger charge is -2.29. The van der Waals surface area contributed by atoms with Gasteiger partial charge in [0.1, 0.15) is 24.0 Å². The average Bonchev–Trinajstić information content (AvgIpc) is 4.01. The van der Waals surface area contributed by atoms with Gasteiger partial charge in [-0.2, -0.15) is 5.26 Å². The predicted octanol–water partition coefficient (Wildman–Crippen LogP) is 8.52. The lowest BCUT2D eigenvalue weighted by atomic mass is 9.84. The maximum absolute atomic E-state index is 13.9. The first-order valence-electron chi connectivity index (χ1n) is 22.0. The molecule has 2 fully saturated rings. The van der Waals surface area contributed by atoms with Crippen LogP contribution in [-0.4, -0.2) is 78.2 Å². The van der Waals surface area contributed by atoms with Crippen LogP contribution >= 0.6 is 35.2 Å². The van der Waals surface area contributed by atoms with E-state index in [1.165, 1.54) is 4.90 Å². The fraction of sp³-hybridized carbons (Fsp3) is 0.449. The molecule has 1 aliphatic carbocycles. The standard InChI is InChI=1S/C49H57ClN6O7S2/c1-31(2)44(45(58)39-23-32(3)24-40(39)46(59)53-27-33-9-11-34(12-10-33)42-28-52-30-65-42)54-43(57)29-62-21-8-20-61-19-6-7-22-63-38-17-15-36(16-18-38)56-48(64)55(47(60)49(56,4)5)37-14-13-35(26-51)41(50)25-37/h9-18,25,28,30-32,39-40,44H,6-8,19-24,27,29H2,1-5H3,(H,53,59)(H,54,57)/t32-,39?,40+,44-/m0/s1. The first kappa shape index (κ1) is 49.2. The van der Waals surface area contributed by atoms with Gasteiger partial charge in [0, 0.05) is 50.1 Å². The molecule has 1 unspecified atom stereocenters. The quantitative estimate of drug-likeness (QED) is 0.0574. The molecule has 1 saturated carbocycles. The van der Waals surface area contributed by atoms with E-state index in [1.807, 2.05) is 88.5 Å². The van der Waals surface area contributed by atoms with Gasteiger partial charge in [-0.15, -0.1) is 11.3 Å². The minimum absolute atomic E-state index is 0.102. The number of nitrogens with one attached hydrogen (secondary N) is 2. The molecule has 3 aromatic carbocycles. The van der Waals surface area contributed by atoms with Gasteiger partial charge in [-0.3, -0.25) is 29.1 Å². The molecule has 0 bridgehead atoms. The van der Waals surface area contributed by atoms with Crippen molar-refractivity contribution in [2.75, 3.05) is 42.8 Å². The molecule has 6 rings (SSSR count). The van der Waals surface area contributed by atoms with Crippen LogP contribution in [0, 0.1) is 35.0 Å². The van der Waals surface area contributed by atoms with Gasteiger partial charge in [0.2, 0.25) is 11.8 Å². The minimum atomic E-state index is -0.959. The van der Waals surface area contributed by atoms with Crippen molar-refractivity contribution < 1.29 is 33.4 Å². The zero-order valence-electron chi connectivity index (χ0n) is 37.5. The predicted molar refractivity (Wildman–Crippen MR) is 257 cm³/mol. The lowest BCUT2D eigenvalue weighted by Crippen LogP contribution is -2.49. The summed E-state index contributed by atoms with van der Waals surface area (Å²) in [5, 5.41) is 15.7. The van der Waals surface area contributed by atoms with Crippen LogP contribution in [0.15, 0.2) is 78.4 Å². The highest BCUT2D eigenvalue weighted by molar-refractivity contribution is 7.81. The van der Waals surface area contributed by atoms with E-state index in [1.54, 1.807) is 39.9 Å². The van der Waals surface area contributed by atoms with Gasteiger partial charge in [0.25, 0.3) is 5.91 Å². The number of halogens is 1. The molecule has 4 aromatic rings. The van der Waals surface area contributed by atoms with Crippen LogP contribution in [0.2, 0.25) is 5.02 Å². The van der Waals surface area contributed by atoms with Gasteiger partial charge in [0.05, 0.1) is 39.3 Å². The molecule has 16 heteroatoms. The Bertz CT molecular complexity index is 2340. The van der Waals surface area contributed by atoms with E-state index in [0.717, 1.165) is 34.5 Å². The van der Waals surface area contributed by atoms with Crippen molar-refractivity contribution in [1.29, 1.82) is 5.26 Å². The average molecular weight is 942 g/mol. The van der Waals surface area contributed by atoms with Gasteiger partial charge < -0.3 is 29.7 Å². The fourth-order valence-corrected chi connectivity index (χ4v) is 9.65. The lowest BCUT2D eigenvalue weighted by molar-refractivity contribution is -0.136. The second-order valence-electron chi connectivity index (χ2n) is 17.4. The molecule has 13 nitrogen and oxygen atoms in total. The van der Waals surface area contributed by atoms with Crippen molar-refractivity contribution in [2.24, 2.45) is 23.7 Å². The summed E-state index contributed by atoms with van der Waals surface area (Å²) < 4.78 is 17.3. The Kier molecular flexibility index (Phi) is 17.2. The zero-order chi connectivity index (χ0) is 46.7. The SMILES string of the molecule is CC(C)[C@H](NC(=O)COCCCOCCCCOc1ccc(N2C(=S)N(c3ccc(C#N)c(Cl)c3)C(=O)C2(C)C)cc1)C(=O)C1C[C@H](C)C[C@H]1C(=O)NCc1ccc(-c2cncs2)cc1. The summed E-state index contributed by atoms with van der Waals surface area (Å²) in [5.74, 6) is -0.980. The Morgan fingerprint density at radius 3 is 2.31 bits per heavy atom. The number of hydrogen-bond acceptors (Lipinski definition) is 11. The number of nitrogens with zero attached hydrogens (tertiary/aromatic N) is 4. The Morgan fingerprint density at radius 2 is 1.63 bits per heavy atom. The van der Waals surface area contributed by atoms with Gasteiger partial charge >= 0.3 is 0 Å². The molecule has 3 amide bonds. The van der Waals surface area contributed by atoms with Crippen molar-refractivity contribution in [1.82, 2.24) is 15.6 Å². The number of ketones is 1. The van der Waals surface area contributed by atoms with Crippen LogP contribution < -0.4 is 25.2 Å². The van der Waals surface area contributed by atoms with E-state index in [4.69, 9.17) is 38.0 Å². The van der Waals surface area contributed by atoms with Crippen LogP contribution in [-0.2, 0) is 35.2 Å². The number of carbonyl (C=O) groups excluding carboxylic acids is 4. The number of hydrogen-bond donors (Lipinski definition) is 2. The van der Waals surface area contributed by atoms with E-state index in [2.05, 4.69) is 22.5 Å². The number of aromatic nitrogens is 1. The Hall–Kier alpha value is -5.24. The summed E-state index contributed by atoms with van der Waals surface area (Å²) in [6.07, 6.45) is 5.25. The number of thiocarbonyl (C=S) groups is 1. The normalized spacial score (nSPS) is 18.5. The first-order valence-corrected chi connectivity index (χ1v) is 23.7. The number of anilines is 2. The van der Waals surface area contributed by atoms with E-state index in [0.29, 0.717) is 74.3 Å². The molecule has 1 aliphatic heterocycles. The highest BCUT2D eigenvalue weighted by atomic mass is 35.5. The number of rotatable bonds is 22. The summed E-state index contributed by atoms with van der Waals surface area (Å²) in [4.78, 5) is 62.2. The summed E-state index contributed by atoms with van der Waals surface area (Å²) in [5.41, 5.74) is 4.44. The molecule has 1 aromatic heterocycles. The monoisotopic (exact) mass is 940 g/mol. The molecule has 65 heavy (non-hydrogen) atoms. The Balaban J connectivity index is 0.841. The van der Waals surface area contributed by atoms with Crippen molar-refractivity contribution in [2.45, 2.75) is 84.8 Å². The van der Waals surface area contributed by atoms with Crippen LogP contribution in [0.5, 0.6) is 5.75 Å². The molecule has 1 saturated heterocycles. The van der Waals surface area contributed by atoms with E-state index >= 15 is 0 Å². The minimum Gasteiger partial charge on any atom is -0.494 e. The zero-order valence-corrected chi connectivity index (χ0v) is 39.9. The largest absolute Gasteiger partial charge is 0.494 e. The smallest absolute Gasteiger partial charge is 0.259 e. The second-order valence-corrected chi connectivity index (χ2v) is 19.1. The topological polar surface area (TPSA) is 163 Å². The third-order valence-electron chi connectivity index (χ3n) is 11.8. The number of Topliss-reactive ketones (excluding diaryl/α,β-unsaturated/α-hetero) is 1. The molecule has 0 spiro atoms. The highest BCUT2D eigenvalue weighted by Crippen LogP contribution is 2.39. The Labute approximate surface area is 395 Å².